The highest BCUT2D eigenvalue weighted by molar-refractivity contribution is 6.06. The predicted octanol–water partition coefficient (Wildman–Crippen LogP) is 1.38. The lowest BCUT2D eigenvalue weighted by Crippen LogP contribution is -2.51. The number of nitrogens with two attached hydrogens (primary N) is 1. The van der Waals surface area contributed by atoms with Crippen LogP contribution < -0.4 is 11.1 Å². The Kier molecular flexibility index (Phi) is 6.25. The number of rotatable bonds is 6. The third-order valence-electron chi connectivity index (χ3n) is 3.54. The molecule has 1 saturated carbocycles. The van der Waals surface area contributed by atoms with Crippen LogP contribution in [0.3, 0.4) is 0 Å². The molecular formula is C12H20F3N3O3. The van der Waals surface area contributed by atoms with Crippen molar-refractivity contribution in [2.75, 3.05) is 19.8 Å². The standard InChI is InChI=1S/C12H20F3N3O3/c13-12(14,15)8-21-7-6-17-10(19)11(9(16)18-20)4-2-1-3-5-11/h20H,1-8H2,(H2,16,18)(H,17,19). The second-order valence-corrected chi connectivity index (χ2v) is 5.05. The number of halogens is 3. The molecule has 6 nitrogen and oxygen atoms in total. The molecule has 1 rings (SSSR count). The molecule has 0 spiro atoms. The van der Waals surface area contributed by atoms with Crippen molar-refractivity contribution in [1.82, 2.24) is 5.32 Å². The summed E-state index contributed by atoms with van der Waals surface area (Å²) in [6.45, 7) is -1.67. The Labute approximate surface area is 120 Å². The van der Waals surface area contributed by atoms with Gasteiger partial charge in [-0.25, -0.2) is 0 Å². The zero-order chi connectivity index (χ0) is 15.9. The molecule has 1 amide bonds. The average Bonchev–Trinajstić information content (AvgIpc) is 2.45. The largest absolute Gasteiger partial charge is 0.411 e. The SMILES string of the molecule is NC(=NO)C1(C(=O)NCCOCC(F)(F)F)CCCCC1. The third-order valence-corrected chi connectivity index (χ3v) is 3.54. The van der Waals surface area contributed by atoms with E-state index in [4.69, 9.17) is 10.9 Å². The average molecular weight is 311 g/mol. The number of alkyl halides is 3. The fraction of sp³-hybridized carbons (Fsp3) is 0.833. The molecule has 1 fully saturated rings. The Morgan fingerprint density at radius 2 is 1.95 bits per heavy atom. The van der Waals surface area contributed by atoms with Gasteiger partial charge in [0.1, 0.15) is 12.0 Å². The Bertz CT molecular complexity index is 380. The number of amidine groups is 1. The maximum atomic E-state index is 12.2. The van der Waals surface area contributed by atoms with Crippen molar-refractivity contribution < 1.29 is 27.9 Å². The molecule has 0 atom stereocenters. The van der Waals surface area contributed by atoms with Crippen LogP contribution in [0.1, 0.15) is 32.1 Å². The molecule has 0 aromatic carbocycles. The number of oxime groups is 1. The minimum atomic E-state index is -4.39. The van der Waals surface area contributed by atoms with Crippen LogP contribution in [0, 0.1) is 5.41 Å². The van der Waals surface area contributed by atoms with E-state index >= 15 is 0 Å². The summed E-state index contributed by atoms with van der Waals surface area (Å²) < 4.78 is 40.0. The van der Waals surface area contributed by atoms with Crippen LogP contribution in [-0.2, 0) is 9.53 Å². The van der Waals surface area contributed by atoms with E-state index in [-0.39, 0.29) is 19.0 Å². The molecule has 0 unspecified atom stereocenters. The molecule has 0 bridgehead atoms. The number of carbonyl (C=O) groups is 1. The molecule has 9 heteroatoms. The van der Waals surface area contributed by atoms with Crippen LogP contribution in [0.5, 0.6) is 0 Å². The van der Waals surface area contributed by atoms with Crippen LogP contribution in [0.2, 0.25) is 0 Å². The lowest BCUT2D eigenvalue weighted by Gasteiger charge is -2.34. The van der Waals surface area contributed by atoms with Gasteiger partial charge in [0.05, 0.1) is 6.61 Å². The zero-order valence-electron chi connectivity index (χ0n) is 11.6. The van der Waals surface area contributed by atoms with Crippen molar-refractivity contribution in [3.05, 3.63) is 0 Å². The second kappa shape index (κ2) is 7.48. The summed E-state index contributed by atoms with van der Waals surface area (Å²) in [6.07, 6.45) is -0.969. The fourth-order valence-corrected chi connectivity index (χ4v) is 2.44. The van der Waals surface area contributed by atoms with E-state index in [1.807, 2.05) is 0 Å². The topological polar surface area (TPSA) is 96.9 Å². The fourth-order valence-electron chi connectivity index (χ4n) is 2.44. The molecule has 0 saturated heterocycles. The molecule has 0 aromatic heterocycles. The van der Waals surface area contributed by atoms with Gasteiger partial charge in [-0.1, -0.05) is 24.4 Å². The summed E-state index contributed by atoms with van der Waals surface area (Å²) in [7, 11) is 0. The van der Waals surface area contributed by atoms with Crippen LogP contribution >= 0.6 is 0 Å². The number of carbonyl (C=O) groups excluding carboxylic acids is 1. The van der Waals surface area contributed by atoms with Gasteiger partial charge in [0.15, 0.2) is 5.84 Å². The van der Waals surface area contributed by atoms with E-state index in [0.717, 1.165) is 19.3 Å². The van der Waals surface area contributed by atoms with Gasteiger partial charge in [0, 0.05) is 6.54 Å². The summed E-state index contributed by atoms with van der Waals surface area (Å²) in [5, 5.41) is 14.3. The molecule has 0 aliphatic heterocycles. The molecule has 1 aliphatic carbocycles. The van der Waals surface area contributed by atoms with Crippen molar-refractivity contribution in [3.8, 4) is 0 Å². The monoisotopic (exact) mass is 311 g/mol. The van der Waals surface area contributed by atoms with E-state index < -0.39 is 24.1 Å². The van der Waals surface area contributed by atoms with Crippen molar-refractivity contribution in [2.45, 2.75) is 38.3 Å². The van der Waals surface area contributed by atoms with Gasteiger partial charge in [-0.2, -0.15) is 13.2 Å². The smallest absolute Gasteiger partial charge is 0.409 e. The summed E-state index contributed by atoms with van der Waals surface area (Å²) >= 11 is 0. The zero-order valence-corrected chi connectivity index (χ0v) is 11.6. The lowest BCUT2D eigenvalue weighted by atomic mass is 9.72. The van der Waals surface area contributed by atoms with Crippen molar-refractivity contribution >= 4 is 11.7 Å². The van der Waals surface area contributed by atoms with Crippen LogP contribution in [0.25, 0.3) is 0 Å². The minimum Gasteiger partial charge on any atom is -0.409 e. The first-order chi connectivity index (χ1) is 9.82. The van der Waals surface area contributed by atoms with Crippen LogP contribution in [-0.4, -0.2) is 42.9 Å². The maximum absolute atomic E-state index is 12.2. The van der Waals surface area contributed by atoms with Gasteiger partial charge in [-0.05, 0) is 12.8 Å². The Morgan fingerprint density at radius 1 is 1.33 bits per heavy atom. The first-order valence-electron chi connectivity index (χ1n) is 6.72. The number of amides is 1. The van der Waals surface area contributed by atoms with E-state index in [1.54, 1.807) is 0 Å². The van der Waals surface area contributed by atoms with Gasteiger partial charge in [0.25, 0.3) is 0 Å². The number of nitrogens with one attached hydrogen (secondary N) is 1. The Hall–Kier alpha value is -1.51. The first kappa shape index (κ1) is 17.5. The van der Waals surface area contributed by atoms with Gasteiger partial charge < -0.3 is 21.0 Å². The number of nitrogens with zero attached hydrogens (tertiary/aromatic N) is 1. The predicted molar refractivity (Wildman–Crippen MR) is 68.8 cm³/mol. The molecule has 0 heterocycles. The summed E-state index contributed by atoms with van der Waals surface area (Å²) in [6, 6.07) is 0. The Balaban J connectivity index is 2.47. The van der Waals surface area contributed by atoms with E-state index in [2.05, 4.69) is 15.2 Å². The molecular weight excluding hydrogens is 291 g/mol. The van der Waals surface area contributed by atoms with Crippen molar-refractivity contribution in [2.24, 2.45) is 16.3 Å². The van der Waals surface area contributed by atoms with E-state index in [1.165, 1.54) is 0 Å². The summed E-state index contributed by atoms with van der Waals surface area (Å²) in [4.78, 5) is 12.2. The normalized spacial score (nSPS) is 19.3. The van der Waals surface area contributed by atoms with Gasteiger partial charge in [-0.15, -0.1) is 0 Å². The molecule has 0 aromatic rings. The highest BCUT2D eigenvalue weighted by atomic mass is 19.4. The second-order valence-electron chi connectivity index (χ2n) is 5.05. The van der Waals surface area contributed by atoms with Crippen LogP contribution in [0.4, 0.5) is 13.2 Å². The van der Waals surface area contributed by atoms with Crippen molar-refractivity contribution in [1.29, 1.82) is 0 Å². The number of ether oxygens (including phenoxy) is 1. The minimum absolute atomic E-state index is 0.0601. The van der Waals surface area contributed by atoms with Gasteiger partial charge in [0.2, 0.25) is 5.91 Å². The third kappa shape index (κ3) is 5.07. The number of hydrogen-bond donors (Lipinski definition) is 3. The quantitative estimate of drug-likeness (QED) is 0.227. The molecule has 21 heavy (non-hydrogen) atoms. The highest BCUT2D eigenvalue weighted by Gasteiger charge is 2.43. The van der Waals surface area contributed by atoms with Gasteiger partial charge in [-0.3, -0.25) is 4.79 Å². The summed E-state index contributed by atoms with van der Waals surface area (Å²) in [5.74, 6) is -0.594. The first-order valence-corrected chi connectivity index (χ1v) is 6.72. The van der Waals surface area contributed by atoms with Gasteiger partial charge >= 0.3 is 6.18 Å². The molecule has 0 radical (unpaired) electrons. The van der Waals surface area contributed by atoms with Crippen molar-refractivity contribution in [3.63, 3.8) is 0 Å². The number of hydrogen-bond acceptors (Lipinski definition) is 4. The maximum Gasteiger partial charge on any atom is 0.411 e. The lowest BCUT2D eigenvalue weighted by molar-refractivity contribution is -0.173. The summed E-state index contributed by atoms with van der Waals surface area (Å²) in [5.41, 5.74) is 4.56. The van der Waals surface area contributed by atoms with E-state index in [9.17, 15) is 18.0 Å². The molecule has 4 N–H and O–H groups in total. The highest BCUT2D eigenvalue weighted by Crippen LogP contribution is 2.36. The van der Waals surface area contributed by atoms with E-state index in [0.29, 0.717) is 12.8 Å². The molecule has 1 aliphatic rings. The molecule has 122 valence electrons. The Morgan fingerprint density at radius 3 is 2.48 bits per heavy atom. The van der Waals surface area contributed by atoms with Crippen LogP contribution in [0.15, 0.2) is 5.16 Å².